The summed E-state index contributed by atoms with van der Waals surface area (Å²) in [6, 6.07) is 0. The Morgan fingerprint density at radius 1 is 0.909 bits per heavy atom. The quantitative estimate of drug-likeness (QED) is 0.405. The van der Waals surface area contributed by atoms with E-state index in [1.807, 2.05) is 13.1 Å². The van der Waals surface area contributed by atoms with Gasteiger partial charge in [-0.1, -0.05) is 13.1 Å². The van der Waals surface area contributed by atoms with Crippen molar-refractivity contribution in [2.45, 2.75) is 23.2 Å². The summed E-state index contributed by atoms with van der Waals surface area (Å²) >= 11 is 29.8. The number of hydrogen-bond acceptors (Lipinski definition) is 0. The van der Waals surface area contributed by atoms with Crippen LogP contribution in [-0.4, -0.2) is 17.7 Å². The molecule has 0 saturated heterocycles. The summed E-state index contributed by atoms with van der Waals surface area (Å²) in [5.74, 6) is 0. The van der Waals surface area contributed by atoms with Crippen LogP contribution < -0.4 is 0 Å². The Bertz CT molecular complexity index is 128. The second-order valence-electron chi connectivity index (χ2n) is 2.94. The van der Waals surface area contributed by atoms with Gasteiger partial charge in [0, 0.05) is 0 Å². The Hall–Kier alpha value is 1.88. The highest BCUT2D eigenvalue weighted by atomic mass is 35.7. The molecule has 7 heteroatoms. The molecule has 0 aliphatic heterocycles. The van der Waals surface area contributed by atoms with E-state index in [4.69, 9.17) is 56.4 Å². The van der Waals surface area contributed by atoms with Gasteiger partial charge in [-0.3, -0.25) is 0 Å². The minimum atomic E-state index is -2.62. The van der Waals surface area contributed by atoms with Crippen molar-refractivity contribution in [2.24, 2.45) is 0 Å². The molecular formula is C4H9Cl5Si2. The summed E-state index contributed by atoms with van der Waals surface area (Å²) in [4.78, 5) is 0. The van der Waals surface area contributed by atoms with Crippen LogP contribution in [0.5, 0.6) is 0 Å². The van der Waals surface area contributed by atoms with Gasteiger partial charge in [0.2, 0.25) is 0 Å². The summed E-state index contributed by atoms with van der Waals surface area (Å²) < 4.78 is -1.11. The van der Waals surface area contributed by atoms with E-state index in [0.29, 0.717) is 0 Å². The van der Waals surface area contributed by atoms with Crippen molar-refractivity contribution in [1.82, 2.24) is 0 Å². The van der Waals surface area contributed by atoms with Crippen LogP contribution in [0.2, 0.25) is 19.6 Å². The van der Waals surface area contributed by atoms with E-state index in [1.165, 1.54) is 0 Å². The fourth-order valence-electron chi connectivity index (χ4n) is 0.522. The summed E-state index contributed by atoms with van der Waals surface area (Å²) in [5.41, 5.74) is 0. The second-order valence-corrected chi connectivity index (χ2v) is 20.2. The fraction of sp³-hybridized carbons (Fsp3) is 1.00. The van der Waals surface area contributed by atoms with Gasteiger partial charge in [-0.05, 0) is 6.55 Å². The van der Waals surface area contributed by atoms with Crippen molar-refractivity contribution in [3.63, 3.8) is 0 Å². The van der Waals surface area contributed by atoms with Crippen LogP contribution in [0, 0.1) is 0 Å². The lowest BCUT2D eigenvalue weighted by atomic mass is 11.7. The molecular weight excluding hydrogens is 281 g/mol. The molecule has 0 aromatic heterocycles. The van der Waals surface area contributed by atoms with Crippen molar-refractivity contribution in [1.29, 1.82) is 0 Å². The van der Waals surface area contributed by atoms with E-state index in [9.17, 15) is 0 Å². The lowest BCUT2D eigenvalue weighted by molar-refractivity contribution is 1.51. The van der Waals surface area contributed by atoms with Crippen molar-refractivity contribution in [2.75, 3.05) is 0 Å². The van der Waals surface area contributed by atoms with Gasteiger partial charge in [0.05, 0.1) is 0 Å². The molecule has 0 bridgehead atoms. The van der Waals surface area contributed by atoms with Crippen molar-refractivity contribution in [3.8, 4) is 0 Å². The zero-order valence-electron chi connectivity index (χ0n) is 6.39. The summed E-state index contributed by atoms with van der Waals surface area (Å²) in [6.07, 6.45) is 0. The lowest BCUT2D eigenvalue weighted by Gasteiger charge is -2.35. The highest BCUT2D eigenvalue weighted by Gasteiger charge is 2.57. The monoisotopic (exact) mass is 288 g/mol. The van der Waals surface area contributed by atoms with Gasteiger partial charge in [0.1, 0.15) is 3.58 Å². The molecule has 0 spiro atoms. The maximum absolute atomic E-state index is 6.05. The maximum Gasteiger partial charge on any atom is 0.281 e. The van der Waals surface area contributed by atoms with E-state index in [-0.39, 0.29) is 0 Å². The number of rotatable bonds is 2. The van der Waals surface area contributed by atoms with E-state index >= 15 is 0 Å². The smallest absolute Gasteiger partial charge is 0.164 e. The van der Waals surface area contributed by atoms with Crippen molar-refractivity contribution >= 4 is 70.5 Å². The third-order valence-corrected chi connectivity index (χ3v) is 18.1. The highest BCUT2D eigenvalue weighted by Crippen LogP contribution is 2.46. The topological polar surface area (TPSA) is 0 Å². The molecule has 0 aromatic rings. The standard InChI is InChI=1S/C4H9Cl5Si2/c1-10(2,7)4(5,6)11(3,8)9/h1-3H3. The lowest BCUT2D eigenvalue weighted by Crippen LogP contribution is -2.55. The average Bonchev–Trinajstić information content (AvgIpc) is 1.58. The fourth-order valence-corrected chi connectivity index (χ4v) is 11.5. The molecule has 0 amide bonds. The van der Waals surface area contributed by atoms with Crippen LogP contribution in [0.3, 0.4) is 0 Å². The summed E-state index contributed by atoms with van der Waals surface area (Å²) in [5, 5.41) is 0. The van der Waals surface area contributed by atoms with Crippen LogP contribution in [0.15, 0.2) is 0 Å². The Balaban J connectivity index is 4.75. The zero-order valence-corrected chi connectivity index (χ0v) is 12.2. The van der Waals surface area contributed by atoms with Gasteiger partial charge in [-0.25, -0.2) is 0 Å². The molecule has 0 fully saturated rings. The molecule has 0 atom stereocenters. The molecule has 0 aliphatic carbocycles. The van der Waals surface area contributed by atoms with E-state index in [2.05, 4.69) is 0 Å². The van der Waals surface area contributed by atoms with E-state index in [0.717, 1.165) is 0 Å². The summed E-state index contributed by atoms with van der Waals surface area (Å²) in [7, 11) is -2.22. The molecule has 0 nitrogen and oxygen atoms in total. The predicted molar refractivity (Wildman–Crippen MR) is 61.1 cm³/mol. The van der Waals surface area contributed by atoms with Crippen LogP contribution in [0.25, 0.3) is 0 Å². The van der Waals surface area contributed by atoms with Crippen molar-refractivity contribution < 1.29 is 0 Å². The van der Waals surface area contributed by atoms with Gasteiger partial charge in [0.25, 0.3) is 6.69 Å². The maximum atomic E-state index is 6.05. The first-order chi connectivity index (χ1) is 4.50. The molecule has 0 heterocycles. The minimum absolute atomic E-state index is 1.11. The molecule has 0 radical (unpaired) electrons. The van der Waals surface area contributed by atoms with Crippen LogP contribution >= 0.6 is 56.4 Å². The van der Waals surface area contributed by atoms with Crippen molar-refractivity contribution in [3.05, 3.63) is 0 Å². The van der Waals surface area contributed by atoms with Crippen LogP contribution in [-0.2, 0) is 0 Å². The normalized spacial score (nSPS) is 15.3. The molecule has 11 heavy (non-hydrogen) atoms. The minimum Gasteiger partial charge on any atom is -0.164 e. The van der Waals surface area contributed by atoms with Gasteiger partial charge in [-0.2, -0.15) is 11.1 Å². The third kappa shape index (κ3) is 2.94. The first-order valence-corrected chi connectivity index (χ1v) is 12.2. The van der Waals surface area contributed by atoms with E-state index < -0.39 is 17.7 Å². The largest absolute Gasteiger partial charge is 0.281 e. The molecule has 68 valence electrons. The van der Waals surface area contributed by atoms with Crippen LogP contribution in [0.1, 0.15) is 0 Å². The molecule has 0 aromatic carbocycles. The van der Waals surface area contributed by atoms with E-state index in [1.54, 1.807) is 6.55 Å². The van der Waals surface area contributed by atoms with Gasteiger partial charge < -0.3 is 0 Å². The molecule has 0 N–H and O–H groups in total. The molecule has 0 rings (SSSR count). The van der Waals surface area contributed by atoms with Crippen LogP contribution in [0.4, 0.5) is 0 Å². The van der Waals surface area contributed by atoms with Gasteiger partial charge >= 0.3 is 0 Å². The number of halogens is 5. The van der Waals surface area contributed by atoms with Gasteiger partial charge in [-0.15, -0.1) is 45.4 Å². The highest BCUT2D eigenvalue weighted by molar-refractivity contribution is 7.56. The molecule has 0 saturated carbocycles. The second kappa shape index (κ2) is 3.56. The average molecular weight is 291 g/mol. The molecule has 0 unspecified atom stereocenters. The predicted octanol–water partition coefficient (Wildman–Crippen LogP) is 4.23. The first kappa shape index (κ1) is 12.9. The summed E-state index contributed by atoms with van der Waals surface area (Å²) in [6.45, 7) is 2.71. The first-order valence-electron chi connectivity index (χ1n) is 2.94. The van der Waals surface area contributed by atoms with Gasteiger partial charge in [0.15, 0.2) is 7.38 Å². The zero-order chi connectivity index (χ0) is 9.50. The number of hydrogen-bond donors (Lipinski definition) is 0. The third-order valence-electron chi connectivity index (χ3n) is 1.30. The Morgan fingerprint density at radius 3 is 1.18 bits per heavy atom. The SMILES string of the molecule is C[Si](C)(Cl)C(Cl)(Cl)[Si](C)(Cl)Cl. The Morgan fingerprint density at radius 2 is 1.18 bits per heavy atom. The molecule has 0 aliphatic rings. The Labute approximate surface area is 93.2 Å². The number of alkyl halides is 2. The Kier molecular flexibility index (Phi) is 4.17.